The number of aromatic nitrogens is 1. The van der Waals surface area contributed by atoms with Crippen molar-refractivity contribution in [2.24, 2.45) is 0 Å². The second-order valence-electron chi connectivity index (χ2n) is 14.1. The van der Waals surface area contributed by atoms with Gasteiger partial charge in [0.25, 0.3) is 0 Å². The van der Waals surface area contributed by atoms with Crippen molar-refractivity contribution in [1.82, 2.24) is 4.57 Å². The Morgan fingerprint density at radius 3 is 1.82 bits per heavy atom. The van der Waals surface area contributed by atoms with E-state index >= 15 is 0 Å². The predicted molar refractivity (Wildman–Crippen MR) is 231 cm³/mol. The van der Waals surface area contributed by atoms with E-state index in [2.05, 4.69) is 216 Å². The van der Waals surface area contributed by atoms with Crippen molar-refractivity contribution in [3.8, 4) is 27.9 Å². The summed E-state index contributed by atoms with van der Waals surface area (Å²) in [7, 11) is 0. The fourth-order valence-corrected chi connectivity index (χ4v) is 8.52. The Balaban J connectivity index is 1.28. The molecular formula is C52H34N2O. The van der Waals surface area contributed by atoms with Gasteiger partial charge >= 0.3 is 0 Å². The van der Waals surface area contributed by atoms with Crippen LogP contribution in [0.3, 0.4) is 0 Å². The molecule has 0 saturated carbocycles. The van der Waals surface area contributed by atoms with Gasteiger partial charge in [-0.25, -0.2) is 0 Å². The molecule has 11 aromatic rings. The first-order chi connectivity index (χ1) is 27.3. The fourth-order valence-electron chi connectivity index (χ4n) is 8.52. The molecule has 55 heavy (non-hydrogen) atoms. The Kier molecular flexibility index (Phi) is 7.17. The molecule has 0 N–H and O–H groups in total. The van der Waals surface area contributed by atoms with Crippen molar-refractivity contribution < 1.29 is 4.42 Å². The van der Waals surface area contributed by atoms with Gasteiger partial charge in [-0.2, -0.15) is 0 Å². The van der Waals surface area contributed by atoms with Crippen LogP contribution in [0.1, 0.15) is 0 Å². The Labute approximate surface area is 318 Å². The van der Waals surface area contributed by atoms with Crippen LogP contribution in [0.4, 0.5) is 17.1 Å². The van der Waals surface area contributed by atoms with Crippen molar-refractivity contribution in [2.75, 3.05) is 4.90 Å². The van der Waals surface area contributed by atoms with Gasteiger partial charge in [0.2, 0.25) is 0 Å². The quantitative estimate of drug-likeness (QED) is 0.172. The van der Waals surface area contributed by atoms with Crippen LogP contribution in [0.15, 0.2) is 211 Å². The van der Waals surface area contributed by atoms with Gasteiger partial charge in [-0.05, 0) is 82.1 Å². The maximum Gasteiger partial charge on any atom is 0.145 e. The second-order valence-corrected chi connectivity index (χ2v) is 14.1. The average molecular weight is 703 g/mol. The number of para-hydroxylation sites is 3. The van der Waals surface area contributed by atoms with Crippen molar-refractivity contribution in [2.45, 2.75) is 0 Å². The van der Waals surface area contributed by atoms with E-state index in [1.54, 1.807) is 0 Å². The summed E-state index contributed by atoms with van der Waals surface area (Å²) in [4.78, 5) is 2.45. The SMILES string of the molecule is c1ccc(-c2ccc(N(c3ccc(-c4ccccc4)c4oc5ccc6ccccc6c5c34)c3cccc4c5ccccc5n(-c5ccccc5)c34)cc2)cc1. The van der Waals surface area contributed by atoms with Gasteiger partial charge in [0, 0.05) is 33.1 Å². The Hall–Kier alpha value is -7.36. The zero-order valence-corrected chi connectivity index (χ0v) is 29.9. The lowest BCUT2D eigenvalue weighted by Gasteiger charge is -2.28. The zero-order valence-electron chi connectivity index (χ0n) is 29.9. The first-order valence-electron chi connectivity index (χ1n) is 18.8. The highest BCUT2D eigenvalue weighted by Crippen LogP contribution is 2.50. The summed E-state index contributed by atoms with van der Waals surface area (Å²) in [6, 6.07) is 73.8. The average Bonchev–Trinajstić information content (AvgIpc) is 3.83. The van der Waals surface area contributed by atoms with Gasteiger partial charge in [0.1, 0.15) is 11.2 Å². The van der Waals surface area contributed by atoms with Crippen LogP contribution >= 0.6 is 0 Å². The molecule has 0 atom stereocenters. The van der Waals surface area contributed by atoms with E-state index in [1.807, 2.05) is 0 Å². The van der Waals surface area contributed by atoms with Crippen LogP contribution in [0.25, 0.3) is 82.5 Å². The lowest BCUT2D eigenvalue weighted by molar-refractivity contribution is 0.670. The predicted octanol–water partition coefficient (Wildman–Crippen LogP) is 14.6. The number of rotatable bonds is 6. The lowest BCUT2D eigenvalue weighted by atomic mass is 9.97. The molecule has 3 heteroatoms. The second kappa shape index (κ2) is 12.6. The number of nitrogens with zero attached hydrogens (tertiary/aromatic N) is 2. The van der Waals surface area contributed by atoms with E-state index in [1.165, 1.54) is 38.2 Å². The molecule has 0 spiro atoms. The highest BCUT2D eigenvalue weighted by atomic mass is 16.3. The summed E-state index contributed by atoms with van der Waals surface area (Å²) in [5.41, 5.74) is 12.9. The maximum absolute atomic E-state index is 6.98. The van der Waals surface area contributed by atoms with E-state index in [9.17, 15) is 0 Å². The van der Waals surface area contributed by atoms with E-state index in [0.29, 0.717) is 0 Å². The highest BCUT2D eigenvalue weighted by molar-refractivity contribution is 6.26. The molecule has 9 aromatic carbocycles. The third-order valence-corrected chi connectivity index (χ3v) is 11.0. The fraction of sp³-hybridized carbons (Fsp3) is 0. The normalized spacial score (nSPS) is 11.6. The summed E-state index contributed by atoms with van der Waals surface area (Å²) in [6.07, 6.45) is 0. The zero-order chi connectivity index (χ0) is 36.3. The third kappa shape index (κ3) is 4.98. The molecule has 0 bridgehead atoms. The van der Waals surface area contributed by atoms with Crippen LogP contribution in [0.2, 0.25) is 0 Å². The first-order valence-corrected chi connectivity index (χ1v) is 18.8. The topological polar surface area (TPSA) is 21.3 Å². The Morgan fingerprint density at radius 1 is 0.400 bits per heavy atom. The minimum Gasteiger partial charge on any atom is -0.455 e. The van der Waals surface area contributed by atoms with Crippen molar-refractivity contribution >= 4 is 71.6 Å². The van der Waals surface area contributed by atoms with Gasteiger partial charge in [-0.1, -0.05) is 152 Å². The molecule has 258 valence electrons. The molecule has 0 fully saturated rings. The summed E-state index contributed by atoms with van der Waals surface area (Å²) in [6.45, 7) is 0. The molecule has 0 unspecified atom stereocenters. The first kappa shape index (κ1) is 31.2. The van der Waals surface area contributed by atoms with E-state index < -0.39 is 0 Å². The number of hydrogen-bond acceptors (Lipinski definition) is 2. The minimum atomic E-state index is 0.870. The van der Waals surface area contributed by atoms with E-state index in [0.717, 1.165) is 61.3 Å². The molecule has 0 amide bonds. The molecule has 0 aliphatic carbocycles. The number of fused-ring (bicyclic) bond motifs is 8. The van der Waals surface area contributed by atoms with Gasteiger partial charge < -0.3 is 13.9 Å². The van der Waals surface area contributed by atoms with Crippen LogP contribution < -0.4 is 4.90 Å². The highest BCUT2D eigenvalue weighted by Gasteiger charge is 2.26. The van der Waals surface area contributed by atoms with E-state index in [-0.39, 0.29) is 0 Å². The summed E-state index contributed by atoms with van der Waals surface area (Å²) in [5.74, 6) is 0. The van der Waals surface area contributed by atoms with Crippen LogP contribution in [-0.2, 0) is 0 Å². The molecule has 0 radical (unpaired) electrons. The van der Waals surface area contributed by atoms with Crippen molar-refractivity contribution in [3.05, 3.63) is 206 Å². The van der Waals surface area contributed by atoms with Crippen LogP contribution in [-0.4, -0.2) is 4.57 Å². The summed E-state index contributed by atoms with van der Waals surface area (Å²) < 4.78 is 9.40. The molecule has 11 rings (SSSR count). The molecule has 0 aliphatic heterocycles. The van der Waals surface area contributed by atoms with Crippen LogP contribution in [0.5, 0.6) is 0 Å². The molecule has 0 aliphatic rings. The van der Waals surface area contributed by atoms with Gasteiger partial charge in [0.05, 0.1) is 27.8 Å². The van der Waals surface area contributed by atoms with E-state index in [4.69, 9.17) is 4.42 Å². The third-order valence-electron chi connectivity index (χ3n) is 11.0. The van der Waals surface area contributed by atoms with Crippen LogP contribution in [0, 0.1) is 0 Å². The maximum atomic E-state index is 6.98. The Morgan fingerprint density at radius 2 is 1.04 bits per heavy atom. The summed E-state index contributed by atoms with van der Waals surface area (Å²) in [5, 5.41) is 6.96. The van der Waals surface area contributed by atoms with Gasteiger partial charge in [-0.3, -0.25) is 0 Å². The van der Waals surface area contributed by atoms with Gasteiger partial charge in [-0.15, -0.1) is 0 Å². The number of furan rings is 1. The monoisotopic (exact) mass is 702 g/mol. The Bertz CT molecular complexity index is 3180. The van der Waals surface area contributed by atoms with Crippen molar-refractivity contribution in [1.29, 1.82) is 0 Å². The van der Waals surface area contributed by atoms with Gasteiger partial charge in [0.15, 0.2) is 0 Å². The standard InChI is InChI=1S/C52H34N2O/c1-4-15-35(16-5-1)36-27-30-40(31-28-36)53(47-26-14-24-44-43-23-12-13-25-45(43)54(51(44)47)39-20-8-3-9-21-39)46-33-32-42(37-17-6-2-7-18-37)52-50(46)49-41-22-11-10-19-38(41)29-34-48(49)55-52/h1-34H. The molecule has 3 nitrogen and oxygen atoms in total. The largest absolute Gasteiger partial charge is 0.455 e. The lowest BCUT2D eigenvalue weighted by Crippen LogP contribution is -2.12. The smallest absolute Gasteiger partial charge is 0.145 e. The van der Waals surface area contributed by atoms with Crippen molar-refractivity contribution in [3.63, 3.8) is 0 Å². The minimum absolute atomic E-state index is 0.870. The number of hydrogen-bond donors (Lipinski definition) is 0. The molecule has 2 aromatic heterocycles. The summed E-state index contributed by atoms with van der Waals surface area (Å²) >= 11 is 0. The number of anilines is 3. The molecular weight excluding hydrogens is 669 g/mol. The number of benzene rings is 9. The molecule has 0 saturated heterocycles. The molecule has 2 heterocycles.